The molecule has 0 rings (SSSR count). The first-order valence-corrected chi connectivity index (χ1v) is 23.8. The maximum Gasteiger partial charge on any atom is 0.314 e. The molecule has 9 nitrogen and oxygen atoms in total. The molecule has 0 bridgehead atoms. The van der Waals surface area contributed by atoms with Gasteiger partial charge in [-0.25, -0.2) is 9.59 Å². The summed E-state index contributed by atoms with van der Waals surface area (Å²) in [6.07, 6.45) is 44.7. The van der Waals surface area contributed by atoms with Gasteiger partial charge in [0.2, 0.25) is 0 Å². The highest BCUT2D eigenvalue weighted by atomic mass is 16.2. The maximum absolute atomic E-state index is 11.9. The van der Waals surface area contributed by atoms with Crippen LogP contribution in [-0.4, -0.2) is 57.9 Å². The molecule has 0 aliphatic rings. The Bertz CT molecular complexity index is 656. The van der Waals surface area contributed by atoms with Gasteiger partial charge in [-0.3, -0.25) is 0 Å². The Kier molecular flexibility index (Phi) is 51.9. The Balaban J connectivity index is 0. The van der Waals surface area contributed by atoms with E-state index in [9.17, 15) is 9.59 Å². The van der Waals surface area contributed by atoms with Gasteiger partial charge < -0.3 is 38.5 Å². The average molecular weight is 768 g/mol. The lowest BCUT2D eigenvalue weighted by atomic mass is 10.1. The van der Waals surface area contributed by atoms with Crippen molar-refractivity contribution < 1.29 is 9.59 Å². The number of amides is 4. The number of nitrogens with two attached hydrogens (primary N) is 3. The summed E-state index contributed by atoms with van der Waals surface area (Å²) < 4.78 is 0. The number of carbonyl (C=O) groups is 2. The number of unbranched alkanes of at least 4 members (excludes halogenated alkanes) is 31. The van der Waals surface area contributed by atoms with Crippen LogP contribution in [-0.2, 0) is 0 Å². The highest BCUT2D eigenvalue weighted by molar-refractivity contribution is 5.74. The molecule has 0 aliphatic heterocycles. The van der Waals surface area contributed by atoms with E-state index in [-0.39, 0.29) is 12.1 Å². The predicted molar refractivity (Wildman–Crippen MR) is 237 cm³/mol. The van der Waals surface area contributed by atoms with Gasteiger partial charge in [-0.2, -0.15) is 0 Å². The van der Waals surface area contributed by atoms with Crippen LogP contribution in [0, 0.1) is 0 Å². The van der Waals surface area contributed by atoms with Gasteiger partial charge in [0.05, 0.1) is 0 Å². The van der Waals surface area contributed by atoms with E-state index in [0.717, 1.165) is 84.1 Å². The molecule has 324 valence electrons. The summed E-state index contributed by atoms with van der Waals surface area (Å²) in [5.41, 5.74) is 16.5. The molecule has 0 atom stereocenters. The van der Waals surface area contributed by atoms with Crippen LogP contribution in [0.1, 0.15) is 232 Å². The van der Waals surface area contributed by atoms with Crippen molar-refractivity contribution in [1.29, 1.82) is 0 Å². The number of rotatable bonds is 42. The third-order valence-electron chi connectivity index (χ3n) is 10.3. The van der Waals surface area contributed by atoms with E-state index in [1.165, 1.54) is 173 Å². The molecule has 0 aromatic rings. The summed E-state index contributed by atoms with van der Waals surface area (Å²) in [5, 5.41) is 11.8. The minimum Gasteiger partial charge on any atom is -0.338 e. The second-order valence-corrected chi connectivity index (χ2v) is 15.8. The first-order chi connectivity index (χ1) is 26.6. The molecule has 0 aromatic carbocycles. The Morgan fingerprint density at radius 3 is 0.630 bits per heavy atom. The molecular weight excluding hydrogens is 671 g/mol. The highest BCUT2D eigenvalue weighted by Crippen LogP contribution is 2.12. The molecule has 0 unspecified atom stereocenters. The van der Waals surface area contributed by atoms with E-state index in [1.54, 1.807) is 0 Å². The van der Waals surface area contributed by atoms with Crippen molar-refractivity contribution in [3.8, 4) is 0 Å². The number of hydrogen-bond donors (Lipinski definition) is 7. The zero-order chi connectivity index (χ0) is 39.7. The van der Waals surface area contributed by atoms with E-state index in [1.807, 2.05) is 0 Å². The fourth-order valence-electron chi connectivity index (χ4n) is 6.71. The summed E-state index contributed by atoms with van der Waals surface area (Å²) in [7, 11) is 0. The lowest BCUT2D eigenvalue weighted by molar-refractivity contribution is 0.239. The van der Waals surface area contributed by atoms with Crippen LogP contribution in [0.15, 0.2) is 0 Å². The fourth-order valence-corrected chi connectivity index (χ4v) is 6.71. The van der Waals surface area contributed by atoms with E-state index in [0.29, 0.717) is 13.1 Å². The van der Waals surface area contributed by atoms with E-state index in [4.69, 9.17) is 17.2 Å². The lowest BCUT2D eigenvalue weighted by Crippen LogP contribution is -2.36. The van der Waals surface area contributed by atoms with Crippen molar-refractivity contribution in [2.24, 2.45) is 17.2 Å². The van der Waals surface area contributed by atoms with Crippen molar-refractivity contribution in [1.82, 2.24) is 21.3 Å². The third-order valence-corrected chi connectivity index (χ3v) is 10.3. The average Bonchev–Trinajstić information content (AvgIpc) is 3.17. The molecule has 0 saturated heterocycles. The molecule has 0 aliphatic carbocycles. The molecule has 0 spiro atoms. The highest BCUT2D eigenvalue weighted by Gasteiger charge is 2.01. The molecule has 0 saturated carbocycles. The number of hydrogen-bond acceptors (Lipinski definition) is 5. The predicted octanol–water partition coefficient (Wildman–Crippen LogP) is 11.1. The van der Waals surface area contributed by atoms with Gasteiger partial charge in [-0.15, -0.1) is 0 Å². The van der Waals surface area contributed by atoms with Crippen LogP contribution in [0.4, 0.5) is 9.59 Å². The Morgan fingerprint density at radius 2 is 0.444 bits per heavy atom. The Labute approximate surface area is 336 Å². The molecule has 0 radical (unpaired) electrons. The van der Waals surface area contributed by atoms with Crippen LogP contribution in [0.25, 0.3) is 0 Å². The van der Waals surface area contributed by atoms with Gasteiger partial charge in [0.15, 0.2) is 0 Å². The molecule has 0 fully saturated rings. The summed E-state index contributed by atoms with van der Waals surface area (Å²) in [5.74, 6) is 0. The molecule has 0 aromatic heterocycles. The van der Waals surface area contributed by atoms with Gasteiger partial charge in [0.1, 0.15) is 0 Å². The molecular formula is C45H97N7O2. The van der Waals surface area contributed by atoms with Gasteiger partial charge in [-0.05, 0) is 64.6 Å². The normalized spacial score (nSPS) is 10.9. The van der Waals surface area contributed by atoms with Crippen LogP contribution < -0.4 is 38.5 Å². The quantitative estimate of drug-likeness (QED) is 0.0307. The van der Waals surface area contributed by atoms with Gasteiger partial charge in [0.25, 0.3) is 0 Å². The first-order valence-electron chi connectivity index (χ1n) is 23.8. The summed E-state index contributed by atoms with van der Waals surface area (Å²) in [6, 6.07) is -0.102. The smallest absolute Gasteiger partial charge is 0.314 e. The SMILES string of the molecule is CCCCCCCCCCCCCN.NCCCCCCCCCCCCNC(=O)NCCCCCCNC(=O)NCCCCCCCCCCCCN. The second kappa shape index (κ2) is 51.4. The maximum atomic E-state index is 11.9. The number of nitrogens with one attached hydrogen (secondary N) is 4. The minimum absolute atomic E-state index is 0.0510. The Hall–Kier alpha value is -1.58. The molecule has 0 heterocycles. The molecule has 54 heavy (non-hydrogen) atoms. The van der Waals surface area contributed by atoms with Crippen LogP contribution in [0.2, 0.25) is 0 Å². The van der Waals surface area contributed by atoms with Crippen molar-refractivity contribution >= 4 is 12.1 Å². The fraction of sp³-hybridized carbons (Fsp3) is 0.956. The van der Waals surface area contributed by atoms with E-state index < -0.39 is 0 Å². The second-order valence-electron chi connectivity index (χ2n) is 15.8. The first kappa shape index (κ1) is 54.5. The standard InChI is InChI=1S/C32H68N6O2.C13H29N/c33-25-19-13-9-5-1-3-7-11-15-21-27-35-31(39)37-29-23-17-18-24-30-38-32(40)36-28-22-16-12-8-4-2-6-10-14-20-26-34;1-2-3-4-5-6-7-8-9-10-11-12-13-14/h1-30,33-34H2,(H2,35,37,39)(H2,36,38,40);2-14H2,1H3. The van der Waals surface area contributed by atoms with Gasteiger partial charge in [0, 0.05) is 26.2 Å². The van der Waals surface area contributed by atoms with Crippen molar-refractivity contribution in [3.63, 3.8) is 0 Å². The van der Waals surface area contributed by atoms with Crippen LogP contribution in [0.5, 0.6) is 0 Å². The summed E-state index contributed by atoms with van der Waals surface area (Å²) in [4.78, 5) is 23.7. The van der Waals surface area contributed by atoms with Crippen molar-refractivity contribution in [2.45, 2.75) is 232 Å². The Morgan fingerprint density at radius 1 is 0.278 bits per heavy atom. The topological polar surface area (TPSA) is 160 Å². The molecule has 9 heteroatoms. The van der Waals surface area contributed by atoms with E-state index in [2.05, 4.69) is 28.2 Å². The summed E-state index contributed by atoms with van der Waals surface area (Å²) >= 11 is 0. The monoisotopic (exact) mass is 768 g/mol. The number of urea groups is 2. The zero-order valence-corrected chi connectivity index (χ0v) is 36.2. The lowest BCUT2D eigenvalue weighted by Gasteiger charge is -2.09. The van der Waals surface area contributed by atoms with Crippen molar-refractivity contribution in [3.05, 3.63) is 0 Å². The minimum atomic E-state index is -0.0510. The third kappa shape index (κ3) is 52.5. The summed E-state index contributed by atoms with van der Waals surface area (Å²) in [6.45, 7) is 7.73. The van der Waals surface area contributed by atoms with Crippen molar-refractivity contribution in [2.75, 3.05) is 45.8 Å². The van der Waals surface area contributed by atoms with Crippen LogP contribution in [0.3, 0.4) is 0 Å². The molecule has 10 N–H and O–H groups in total. The van der Waals surface area contributed by atoms with Gasteiger partial charge >= 0.3 is 12.1 Å². The number of carbonyl (C=O) groups excluding carboxylic acids is 2. The largest absolute Gasteiger partial charge is 0.338 e. The van der Waals surface area contributed by atoms with E-state index >= 15 is 0 Å². The molecule has 4 amide bonds. The zero-order valence-electron chi connectivity index (χ0n) is 36.2. The van der Waals surface area contributed by atoms with Crippen LogP contribution >= 0.6 is 0 Å². The van der Waals surface area contributed by atoms with Gasteiger partial charge in [-0.1, -0.05) is 187 Å².